The molecule has 11 heteroatoms. The second-order valence-electron chi connectivity index (χ2n) is 5.68. The first-order valence-electron chi connectivity index (χ1n) is 7.95. The number of H-pyrrole nitrogens is 1. The monoisotopic (exact) mass is 408 g/mol. The normalized spacial score (nSPS) is 12.0. The molecule has 1 amide bonds. The number of imidazole rings is 1. The second-order valence-corrected chi connectivity index (χ2v) is 5.68. The number of carbonyl (C=O) groups is 3. The summed E-state index contributed by atoms with van der Waals surface area (Å²) in [6, 6.07) is 6.90. The van der Waals surface area contributed by atoms with Crippen LogP contribution in [0.3, 0.4) is 0 Å². The van der Waals surface area contributed by atoms with Crippen LogP contribution in [0.15, 0.2) is 42.9 Å². The summed E-state index contributed by atoms with van der Waals surface area (Å²) < 4.78 is 0. The molecule has 0 aliphatic heterocycles. The van der Waals surface area contributed by atoms with Crippen molar-refractivity contribution < 1.29 is 24.6 Å². The van der Waals surface area contributed by atoms with Gasteiger partial charge in [-0.15, -0.1) is 0 Å². The standard InChI is InChI=1S/C17H20N4O5.2Na.2H/c22-15(21-14(17(25)26)7-12-8-18-10-20-12)9-19-13(16(23)24)6-11-4-2-1-3-5-11;;;;/h1-5,8,10,13-14,19H,6-7,9H2,(H,18,20)(H,21,22)(H,23,24)(H,25,26);;;;/t13?,14-;;;;/m0..../s1. The molecule has 0 spiro atoms. The number of rotatable bonds is 10. The quantitative estimate of drug-likeness (QED) is 0.301. The minimum absolute atomic E-state index is 0. The van der Waals surface area contributed by atoms with E-state index in [0.29, 0.717) is 5.69 Å². The molecule has 1 heterocycles. The van der Waals surface area contributed by atoms with Crippen molar-refractivity contribution in [3.8, 4) is 0 Å². The fraction of sp³-hybridized carbons (Fsp3) is 0.294. The molecule has 0 aliphatic carbocycles. The number of carboxylic acid groups (broad SMARTS) is 2. The van der Waals surface area contributed by atoms with E-state index in [2.05, 4.69) is 20.6 Å². The number of aromatic nitrogens is 2. The van der Waals surface area contributed by atoms with Gasteiger partial charge in [-0.2, -0.15) is 0 Å². The maximum absolute atomic E-state index is 12.0. The number of aliphatic carboxylic acids is 2. The summed E-state index contributed by atoms with van der Waals surface area (Å²) in [4.78, 5) is 41.3. The third kappa shape index (κ3) is 9.33. The van der Waals surface area contributed by atoms with Gasteiger partial charge in [0.05, 0.1) is 18.6 Å². The van der Waals surface area contributed by atoms with E-state index < -0.39 is 29.9 Å². The summed E-state index contributed by atoms with van der Waals surface area (Å²) in [5.41, 5.74) is 1.31. The number of nitrogens with zero attached hydrogens (tertiary/aromatic N) is 1. The molecule has 2 aromatic rings. The van der Waals surface area contributed by atoms with Gasteiger partial charge in [-0.3, -0.25) is 14.9 Å². The summed E-state index contributed by atoms with van der Waals surface area (Å²) in [5.74, 6) is -2.89. The van der Waals surface area contributed by atoms with E-state index in [1.165, 1.54) is 6.33 Å². The molecule has 0 aliphatic rings. The van der Waals surface area contributed by atoms with Crippen LogP contribution in [0.1, 0.15) is 11.3 Å². The van der Waals surface area contributed by atoms with Crippen molar-refractivity contribution >= 4 is 77.0 Å². The third-order valence-electron chi connectivity index (χ3n) is 3.69. The zero-order chi connectivity index (χ0) is 18.9. The number of carbonyl (C=O) groups excluding carboxylic acids is 1. The molecule has 1 unspecified atom stereocenters. The first kappa shape index (κ1) is 26.8. The number of aromatic amines is 1. The van der Waals surface area contributed by atoms with Gasteiger partial charge in [0.25, 0.3) is 0 Å². The van der Waals surface area contributed by atoms with Crippen LogP contribution in [0, 0.1) is 0 Å². The molecule has 0 radical (unpaired) electrons. The Hall–Kier alpha value is -1.20. The predicted molar refractivity (Wildman–Crippen MR) is 106 cm³/mol. The molecular formula is C17H22N4Na2O5. The Labute approximate surface area is 206 Å². The summed E-state index contributed by atoms with van der Waals surface area (Å²) in [5, 5.41) is 23.5. The third-order valence-corrected chi connectivity index (χ3v) is 3.69. The van der Waals surface area contributed by atoms with E-state index in [0.717, 1.165) is 5.56 Å². The van der Waals surface area contributed by atoms with E-state index in [9.17, 15) is 24.6 Å². The topological polar surface area (TPSA) is 144 Å². The molecule has 0 bridgehead atoms. The minimum atomic E-state index is -1.19. The molecule has 9 nitrogen and oxygen atoms in total. The van der Waals surface area contributed by atoms with Gasteiger partial charge in [-0.1, -0.05) is 30.3 Å². The number of hydrogen-bond donors (Lipinski definition) is 5. The van der Waals surface area contributed by atoms with Crippen LogP contribution in [0.5, 0.6) is 0 Å². The van der Waals surface area contributed by atoms with Gasteiger partial charge >= 0.3 is 71.1 Å². The van der Waals surface area contributed by atoms with E-state index in [4.69, 9.17) is 0 Å². The molecule has 2 rings (SSSR count). The van der Waals surface area contributed by atoms with Gasteiger partial charge in [-0.05, 0) is 12.0 Å². The van der Waals surface area contributed by atoms with E-state index in [-0.39, 0.29) is 78.5 Å². The van der Waals surface area contributed by atoms with Crippen molar-refractivity contribution in [1.82, 2.24) is 20.6 Å². The summed E-state index contributed by atoms with van der Waals surface area (Å²) >= 11 is 0. The molecule has 2 atom stereocenters. The summed E-state index contributed by atoms with van der Waals surface area (Å²) in [6.45, 7) is -0.311. The average Bonchev–Trinajstić information content (AvgIpc) is 3.11. The van der Waals surface area contributed by atoms with Gasteiger partial charge in [-0.25, -0.2) is 9.78 Å². The molecule has 142 valence electrons. The van der Waals surface area contributed by atoms with E-state index in [1.807, 2.05) is 6.07 Å². The Morgan fingerprint density at radius 3 is 2.18 bits per heavy atom. The molecule has 0 fully saturated rings. The van der Waals surface area contributed by atoms with Crippen molar-refractivity contribution in [2.45, 2.75) is 24.9 Å². The van der Waals surface area contributed by atoms with Gasteiger partial charge in [0.1, 0.15) is 12.1 Å². The fourth-order valence-corrected chi connectivity index (χ4v) is 2.37. The molecular weight excluding hydrogens is 386 g/mol. The average molecular weight is 408 g/mol. The summed E-state index contributed by atoms with van der Waals surface area (Å²) in [6.07, 6.45) is 3.19. The Balaban J connectivity index is 0.00000364. The van der Waals surface area contributed by atoms with Gasteiger partial charge in [0.2, 0.25) is 5.91 Å². The number of benzene rings is 1. The van der Waals surface area contributed by atoms with Crippen LogP contribution in [0.4, 0.5) is 0 Å². The van der Waals surface area contributed by atoms with Crippen LogP contribution in [-0.4, -0.2) is 116 Å². The predicted octanol–water partition coefficient (Wildman–Crippen LogP) is -1.49. The van der Waals surface area contributed by atoms with Crippen molar-refractivity contribution in [3.63, 3.8) is 0 Å². The SMILES string of the molecule is O=C(CNC(Cc1ccccc1)C(=O)O)N[C@@H](Cc1c[nH]cn1)C(=O)O.[NaH].[NaH]. The van der Waals surface area contributed by atoms with Crippen LogP contribution < -0.4 is 10.6 Å². The Morgan fingerprint density at radius 2 is 1.64 bits per heavy atom. The Bertz CT molecular complexity index is 743. The zero-order valence-electron chi connectivity index (χ0n) is 13.9. The molecule has 0 saturated carbocycles. The first-order valence-corrected chi connectivity index (χ1v) is 7.95. The molecule has 28 heavy (non-hydrogen) atoms. The van der Waals surface area contributed by atoms with Crippen molar-refractivity contribution in [2.75, 3.05) is 6.54 Å². The van der Waals surface area contributed by atoms with Crippen LogP contribution in [0.2, 0.25) is 0 Å². The van der Waals surface area contributed by atoms with Gasteiger partial charge < -0.3 is 20.5 Å². The van der Waals surface area contributed by atoms with Gasteiger partial charge in [0, 0.05) is 12.6 Å². The Kier molecular flexibility index (Phi) is 13.3. The van der Waals surface area contributed by atoms with Crippen LogP contribution in [0.25, 0.3) is 0 Å². The Morgan fingerprint density at radius 1 is 1.00 bits per heavy atom. The number of carboxylic acids is 2. The van der Waals surface area contributed by atoms with Crippen LogP contribution >= 0.6 is 0 Å². The number of nitrogens with one attached hydrogen (secondary N) is 3. The first-order chi connectivity index (χ1) is 12.5. The van der Waals surface area contributed by atoms with E-state index in [1.54, 1.807) is 30.5 Å². The number of amides is 1. The molecule has 0 saturated heterocycles. The zero-order valence-corrected chi connectivity index (χ0v) is 13.9. The molecule has 1 aromatic carbocycles. The maximum atomic E-state index is 12.0. The van der Waals surface area contributed by atoms with Crippen molar-refractivity contribution in [2.24, 2.45) is 0 Å². The fourth-order valence-electron chi connectivity index (χ4n) is 2.37. The van der Waals surface area contributed by atoms with Crippen molar-refractivity contribution in [3.05, 3.63) is 54.1 Å². The van der Waals surface area contributed by atoms with Gasteiger partial charge in [0.15, 0.2) is 0 Å². The molecule has 5 N–H and O–H groups in total. The molecule has 1 aromatic heterocycles. The van der Waals surface area contributed by atoms with E-state index >= 15 is 0 Å². The summed E-state index contributed by atoms with van der Waals surface area (Å²) in [7, 11) is 0. The number of hydrogen-bond acceptors (Lipinski definition) is 5. The second kappa shape index (κ2) is 13.9. The van der Waals surface area contributed by atoms with Crippen molar-refractivity contribution in [1.29, 1.82) is 0 Å². The van der Waals surface area contributed by atoms with Crippen LogP contribution in [-0.2, 0) is 27.2 Å².